The second-order valence-corrected chi connectivity index (χ2v) is 8.65. The molecule has 0 saturated carbocycles. The topological polar surface area (TPSA) is 63.5 Å². The molecule has 7 nitrogen and oxygen atoms in total. The lowest BCUT2D eigenvalue weighted by atomic mass is 10.3. The summed E-state index contributed by atoms with van der Waals surface area (Å²) < 4.78 is 43.8. The van der Waals surface area contributed by atoms with Gasteiger partial charge < -0.3 is 9.64 Å². The molecule has 0 aliphatic carbocycles. The molecule has 3 aromatic rings. The molecule has 0 fully saturated rings. The molecule has 0 atom stereocenters. The van der Waals surface area contributed by atoms with Crippen LogP contribution in [0.3, 0.4) is 0 Å². The Balaban J connectivity index is 2.00. The molecule has 0 aliphatic rings. The normalized spacial score (nSPS) is 12.2. The van der Waals surface area contributed by atoms with Crippen LogP contribution in [0.15, 0.2) is 24.3 Å². The number of thiazole rings is 1. The van der Waals surface area contributed by atoms with Crippen molar-refractivity contribution in [2.75, 3.05) is 32.1 Å². The molecule has 2 heterocycles. The molecule has 3 rings (SSSR count). The van der Waals surface area contributed by atoms with Crippen molar-refractivity contribution in [2.45, 2.75) is 33.2 Å². The maximum Gasteiger partial charge on any atom is 0.573 e. The molecule has 1 aromatic carbocycles. The monoisotopic (exact) mass is 455 g/mol. The van der Waals surface area contributed by atoms with E-state index >= 15 is 0 Å². The van der Waals surface area contributed by atoms with E-state index < -0.39 is 6.36 Å². The van der Waals surface area contributed by atoms with Crippen LogP contribution in [0.1, 0.15) is 36.1 Å². The lowest BCUT2D eigenvalue weighted by Crippen LogP contribution is -2.38. The Morgan fingerprint density at radius 1 is 1.23 bits per heavy atom. The lowest BCUT2D eigenvalue weighted by molar-refractivity contribution is -0.274. The number of benzene rings is 1. The third kappa shape index (κ3) is 5.53. The molecular weight excluding hydrogens is 431 g/mol. The quantitative estimate of drug-likeness (QED) is 0.525. The van der Waals surface area contributed by atoms with Crippen molar-refractivity contribution in [2.24, 2.45) is 0 Å². The van der Waals surface area contributed by atoms with Gasteiger partial charge in [-0.15, -0.1) is 13.2 Å². The molecule has 0 N–H and O–H groups in total. The molecule has 0 aliphatic heterocycles. The zero-order valence-electron chi connectivity index (χ0n) is 17.9. The Labute approximate surface area is 182 Å². The summed E-state index contributed by atoms with van der Waals surface area (Å²) in [5.74, 6) is -0.586. The number of alkyl halides is 3. The average Bonchev–Trinajstić information content (AvgIpc) is 3.23. The standard InChI is InChI=1S/C20H24F3N5O2S/c1-12(2)28-16(10-13(3)25-28)18(29)27(9-8-26(4)5)19-24-15-7-6-14(11-17(15)31-19)30-20(21,22)23/h6-7,10-12H,8-9H2,1-5H3. The fraction of sp³-hybridized carbons (Fsp3) is 0.450. The molecule has 31 heavy (non-hydrogen) atoms. The fourth-order valence-electron chi connectivity index (χ4n) is 3.00. The van der Waals surface area contributed by atoms with Gasteiger partial charge in [0.2, 0.25) is 0 Å². The Bertz CT molecular complexity index is 1070. The Hall–Kier alpha value is -2.66. The van der Waals surface area contributed by atoms with Crippen LogP contribution < -0.4 is 9.64 Å². The van der Waals surface area contributed by atoms with Gasteiger partial charge in [-0.2, -0.15) is 5.10 Å². The number of ether oxygens (including phenoxy) is 1. The summed E-state index contributed by atoms with van der Waals surface area (Å²) in [6.45, 7) is 6.64. The van der Waals surface area contributed by atoms with Gasteiger partial charge in [0, 0.05) is 25.2 Å². The number of aryl methyl sites for hydroxylation is 1. The van der Waals surface area contributed by atoms with Crippen LogP contribution in [-0.2, 0) is 0 Å². The predicted molar refractivity (Wildman–Crippen MR) is 114 cm³/mol. The third-order valence-corrected chi connectivity index (χ3v) is 5.44. The third-order valence-electron chi connectivity index (χ3n) is 4.40. The summed E-state index contributed by atoms with van der Waals surface area (Å²) in [5, 5.41) is 4.81. The van der Waals surface area contributed by atoms with Crippen LogP contribution in [0.4, 0.5) is 18.3 Å². The molecular formula is C20H24F3N5O2S. The van der Waals surface area contributed by atoms with Crippen molar-refractivity contribution < 1.29 is 22.7 Å². The summed E-state index contributed by atoms with van der Waals surface area (Å²) in [6.07, 6.45) is -4.78. The molecule has 0 unspecified atom stereocenters. The second kappa shape index (κ2) is 8.83. The molecule has 168 valence electrons. The summed E-state index contributed by atoms with van der Waals surface area (Å²) in [6, 6.07) is 5.66. The fourth-order valence-corrected chi connectivity index (χ4v) is 4.02. The van der Waals surface area contributed by atoms with E-state index in [1.165, 1.54) is 18.2 Å². The number of fused-ring (bicyclic) bond motifs is 1. The van der Waals surface area contributed by atoms with Gasteiger partial charge in [0.05, 0.1) is 15.9 Å². The number of amides is 1. The number of anilines is 1. The molecule has 0 spiro atoms. The van der Waals surface area contributed by atoms with Gasteiger partial charge in [-0.05, 0) is 53.1 Å². The number of halogens is 3. The summed E-state index contributed by atoms with van der Waals surface area (Å²) >= 11 is 1.14. The van der Waals surface area contributed by atoms with Gasteiger partial charge in [-0.1, -0.05) is 11.3 Å². The van der Waals surface area contributed by atoms with E-state index in [0.717, 1.165) is 17.0 Å². The van der Waals surface area contributed by atoms with Crippen molar-refractivity contribution in [1.82, 2.24) is 19.7 Å². The molecule has 1 amide bonds. The van der Waals surface area contributed by atoms with Crippen LogP contribution in [0, 0.1) is 6.92 Å². The van der Waals surface area contributed by atoms with E-state index in [9.17, 15) is 18.0 Å². The first-order valence-corrected chi connectivity index (χ1v) is 10.5. The van der Waals surface area contributed by atoms with Crippen molar-refractivity contribution in [1.29, 1.82) is 0 Å². The van der Waals surface area contributed by atoms with Crippen molar-refractivity contribution in [3.05, 3.63) is 35.7 Å². The van der Waals surface area contributed by atoms with Crippen LogP contribution >= 0.6 is 11.3 Å². The maximum absolute atomic E-state index is 13.5. The average molecular weight is 456 g/mol. The molecule has 0 saturated heterocycles. The number of rotatable bonds is 7. The summed E-state index contributed by atoms with van der Waals surface area (Å²) in [5.41, 5.74) is 1.65. The minimum Gasteiger partial charge on any atom is -0.406 e. The van der Waals surface area contributed by atoms with E-state index in [-0.39, 0.29) is 17.7 Å². The second-order valence-electron chi connectivity index (χ2n) is 7.64. The van der Waals surface area contributed by atoms with Crippen molar-refractivity contribution in [3.63, 3.8) is 0 Å². The number of carbonyl (C=O) groups is 1. The first-order chi connectivity index (χ1) is 14.4. The molecule has 2 aromatic heterocycles. The highest BCUT2D eigenvalue weighted by atomic mass is 32.1. The molecule has 11 heteroatoms. The lowest BCUT2D eigenvalue weighted by Gasteiger charge is -2.22. The van der Waals surface area contributed by atoms with Crippen molar-refractivity contribution >= 4 is 32.6 Å². The molecule has 0 bridgehead atoms. The van der Waals surface area contributed by atoms with Crippen molar-refractivity contribution in [3.8, 4) is 5.75 Å². The van der Waals surface area contributed by atoms with E-state index in [2.05, 4.69) is 14.8 Å². The minimum absolute atomic E-state index is 0.0132. The van der Waals surface area contributed by atoms with Gasteiger partial charge in [-0.25, -0.2) is 4.98 Å². The van der Waals surface area contributed by atoms with Gasteiger partial charge in [0.15, 0.2) is 5.13 Å². The van der Waals surface area contributed by atoms with E-state index in [0.29, 0.717) is 34.1 Å². The maximum atomic E-state index is 13.5. The van der Waals surface area contributed by atoms with Crippen LogP contribution in [0.25, 0.3) is 10.2 Å². The first kappa shape index (κ1) is 23.0. The largest absolute Gasteiger partial charge is 0.573 e. The van der Waals surface area contributed by atoms with Crippen LogP contribution in [-0.4, -0.2) is 59.1 Å². The molecule has 0 radical (unpaired) electrons. The zero-order chi connectivity index (χ0) is 22.9. The summed E-state index contributed by atoms with van der Waals surface area (Å²) in [4.78, 5) is 21.4. The first-order valence-electron chi connectivity index (χ1n) is 9.63. The number of aromatic nitrogens is 3. The summed E-state index contributed by atoms with van der Waals surface area (Å²) in [7, 11) is 3.79. The Kier molecular flexibility index (Phi) is 6.56. The van der Waals surface area contributed by atoms with E-state index in [1.54, 1.807) is 15.6 Å². The van der Waals surface area contributed by atoms with Gasteiger partial charge in [0.25, 0.3) is 5.91 Å². The number of hydrogen-bond acceptors (Lipinski definition) is 6. The van der Waals surface area contributed by atoms with E-state index in [4.69, 9.17) is 0 Å². The predicted octanol–water partition coefficient (Wildman–Crippen LogP) is 4.49. The Morgan fingerprint density at radius 2 is 1.94 bits per heavy atom. The van der Waals surface area contributed by atoms with E-state index in [1.807, 2.05) is 39.8 Å². The number of likely N-dealkylation sites (N-methyl/N-ethyl adjacent to an activating group) is 1. The highest BCUT2D eigenvalue weighted by molar-refractivity contribution is 7.22. The zero-order valence-corrected chi connectivity index (χ0v) is 18.7. The Morgan fingerprint density at radius 3 is 2.55 bits per heavy atom. The number of carbonyl (C=O) groups excluding carboxylic acids is 1. The highest BCUT2D eigenvalue weighted by Gasteiger charge is 2.31. The smallest absolute Gasteiger partial charge is 0.406 e. The minimum atomic E-state index is -4.78. The SMILES string of the molecule is Cc1cc(C(=O)N(CCN(C)C)c2nc3ccc(OC(F)(F)F)cc3s2)n(C(C)C)n1. The van der Waals surface area contributed by atoms with Crippen LogP contribution in [0.5, 0.6) is 5.75 Å². The number of hydrogen-bond donors (Lipinski definition) is 0. The number of nitrogens with zero attached hydrogens (tertiary/aromatic N) is 5. The van der Waals surface area contributed by atoms with Gasteiger partial charge >= 0.3 is 6.36 Å². The highest BCUT2D eigenvalue weighted by Crippen LogP contribution is 2.34. The van der Waals surface area contributed by atoms with Gasteiger partial charge in [-0.3, -0.25) is 14.4 Å². The van der Waals surface area contributed by atoms with Crippen LogP contribution in [0.2, 0.25) is 0 Å². The van der Waals surface area contributed by atoms with Gasteiger partial charge in [0.1, 0.15) is 11.4 Å².